The Morgan fingerprint density at radius 3 is 2.67 bits per heavy atom. The average molecular weight is 225 g/mol. The largest absolute Gasteiger partial charge is 0.464 e. The lowest BCUT2D eigenvalue weighted by molar-refractivity contribution is -0.132. The van der Waals surface area contributed by atoms with Crippen LogP contribution in [0, 0.1) is 0 Å². The van der Waals surface area contributed by atoms with Crippen LogP contribution in [0.15, 0.2) is 34.3 Å². The van der Waals surface area contributed by atoms with Gasteiger partial charge in [-0.25, -0.2) is 4.79 Å². The quantitative estimate of drug-likeness (QED) is 0.280. The summed E-state index contributed by atoms with van der Waals surface area (Å²) < 4.78 is 4.52. The third-order valence-electron chi connectivity index (χ3n) is 1.84. The molecule has 0 bridgehead atoms. The molecule has 0 aromatic heterocycles. The molecule has 0 saturated carbocycles. The summed E-state index contributed by atoms with van der Waals surface area (Å²) in [6, 6.07) is 7.16. The van der Waals surface area contributed by atoms with Gasteiger partial charge in [-0.05, 0) is 12.3 Å². The highest BCUT2D eigenvalue weighted by molar-refractivity contribution is 7.98. The number of hydrogen-bond acceptors (Lipinski definition) is 5. The number of hydrogen-bond donors (Lipinski definition) is 1. The molecule has 1 N–H and O–H groups in total. The smallest absolute Gasteiger partial charge is 0.360 e. The predicted molar refractivity (Wildman–Crippen MR) is 58.6 cm³/mol. The molecule has 4 nitrogen and oxygen atoms in total. The van der Waals surface area contributed by atoms with Crippen molar-refractivity contribution in [2.45, 2.75) is 4.90 Å². The third kappa shape index (κ3) is 2.50. The summed E-state index contributed by atoms with van der Waals surface area (Å²) in [6.07, 6.45) is 1.88. The van der Waals surface area contributed by atoms with Crippen LogP contribution in [0.2, 0.25) is 0 Å². The van der Waals surface area contributed by atoms with E-state index in [0.29, 0.717) is 5.56 Å². The van der Waals surface area contributed by atoms with E-state index in [4.69, 9.17) is 5.21 Å². The Morgan fingerprint density at radius 2 is 2.13 bits per heavy atom. The minimum absolute atomic E-state index is 0.0811. The maximum absolute atomic E-state index is 11.3. The normalized spacial score (nSPS) is 11.2. The van der Waals surface area contributed by atoms with Crippen LogP contribution < -0.4 is 0 Å². The molecule has 0 heterocycles. The first kappa shape index (κ1) is 11.6. The maximum Gasteiger partial charge on any atom is 0.360 e. The molecule has 1 aromatic rings. The number of nitrogens with zero attached hydrogens (tertiary/aromatic N) is 1. The van der Waals surface area contributed by atoms with E-state index in [9.17, 15) is 4.79 Å². The van der Waals surface area contributed by atoms with E-state index in [1.807, 2.05) is 18.4 Å². The van der Waals surface area contributed by atoms with Crippen molar-refractivity contribution in [3.05, 3.63) is 29.8 Å². The molecule has 0 spiro atoms. The number of oxime groups is 1. The fourth-order valence-electron chi connectivity index (χ4n) is 1.14. The fourth-order valence-corrected chi connectivity index (χ4v) is 1.74. The zero-order chi connectivity index (χ0) is 11.3. The molecule has 80 valence electrons. The summed E-state index contributed by atoms with van der Waals surface area (Å²) >= 11 is 1.47. The van der Waals surface area contributed by atoms with Gasteiger partial charge in [0.15, 0.2) is 5.71 Å². The maximum atomic E-state index is 11.3. The van der Waals surface area contributed by atoms with E-state index in [1.54, 1.807) is 12.1 Å². The third-order valence-corrected chi connectivity index (χ3v) is 2.64. The van der Waals surface area contributed by atoms with Gasteiger partial charge in [0.1, 0.15) is 0 Å². The highest BCUT2D eigenvalue weighted by atomic mass is 32.2. The first-order valence-electron chi connectivity index (χ1n) is 4.18. The molecule has 0 aliphatic carbocycles. The Balaban J connectivity index is 3.18. The van der Waals surface area contributed by atoms with Crippen LogP contribution in [-0.2, 0) is 9.53 Å². The van der Waals surface area contributed by atoms with E-state index in [2.05, 4.69) is 9.89 Å². The van der Waals surface area contributed by atoms with Gasteiger partial charge in [0.05, 0.1) is 7.11 Å². The van der Waals surface area contributed by atoms with Crippen LogP contribution in [-0.4, -0.2) is 30.3 Å². The molecule has 0 radical (unpaired) electrons. The van der Waals surface area contributed by atoms with Crippen LogP contribution in [0.3, 0.4) is 0 Å². The van der Waals surface area contributed by atoms with Gasteiger partial charge in [-0.2, -0.15) is 0 Å². The number of methoxy groups -OCH3 is 1. The Morgan fingerprint density at radius 1 is 1.47 bits per heavy atom. The number of benzene rings is 1. The number of rotatable bonds is 3. The first-order chi connectivity index (χ1) is 7.24. The summed E-state index contributed by atoms with van der Waals surface area (Å²) in [7, 11) is 1.25. The summed E-state index contributed by atoms with van der Waals surface area (Å²) in [5, 5.41) is 11.7. The van der Waals surface area contributed by atoms with Crippen LogP contribution in [0.4, 0.5) is 0 Å². The van der Waals surface area contributed by atoms with Crippen molar-refractivity contribution in [1.82, 2.24) is 0 Å². The molecule has 0 fully saturated rings. The van der Waals surface area contributed by atoms with Crippen molar-refractivity contribution in [2.24, 2.45) is 5.16 Å². The zero-order valence-electron chi connectivity index (χ0n) is 8.43. The predicted octanol–water partition coefficient (Wildman–Crippen LogP) is 1.76. The molecule has 0 aliphatic heterocycles. The minimum atomic E-state index is -0.654. The number of esters is 1. The van der Waals surface area contributed by atoms with E-state index < -0.39 is 5.97 Å². The summed E-state index contributed by atoms with van der Waals surface area (Å²) in [4.78, 5) is 12.1. The van der Waals surface area contributed by atoms with Crippen molar-refractivity contribution in [1.29, 1.82) is 0 Å². The van der Waals surface area contributed by atoms with E-state index in [1.165, 1.54) is 18.9 Å². The summed E-state index contributed by atoms with van der Waals surface area (Å²) in [6.45, 7) is 0. The number of carbonyl (C=O) groups is 1. The number of ether oxygens (including phenoxy) is 1. The molecular formula is C10H11NO3S. The fraction of sp³-hybridized carbons (Fsp3) is 0.200. The topological polar surface area (TPSA) is 58.9 Å². The summed E-state index contributed by atoms with van der Waals surface area (Å²) in [5.41, 5.74) is 0.488. The van der Waals surface area contributed by atoms with Gasteiger partial charge in [0, 0.05) is 10.5 Å². The zero-order valence-corrected chi connectivity index (χ0v) is 9.25. The SMILES string of the molecule is COC(=O)C(=NO)c1ccccc1SC. The Bertz CT molecular complexity index is 390. The lowest BCUT2D eigenvalue weighted by Crippen LogP contribution is -2.17. The molecule has 1 rings (SSSR count). The van der Waals surface area contributed by atoms with Crippen molar-refractivity contribution < 1.29 is 14.7 Å². The molecule has 0 unspecified atom stereocenters. The highest BCUT2D eigenvalue weighted by Gasteiger charge is 2.17. The Kier molecular flexibility index (Phi) is 4.17. The lowest BCUT2D eigenvalue weighted by Gasteiger charge is -2.06. The lowest BCUT2D eigenvalue weighted by atomic mass is 10.1. The Labute approximate surface area is 91.9 Å². The molecule has 0 aliphatic rings. The van der Waals surface area contributed by atoms with E-state index in [0.717, 1.165) is 4.90 Å². The molecular weight excluding hydrogens is 214 g/mol. The van der Waals surface area contributed by atoms with Gasteiger partial charge in [-0.3, -0.25) is 0 Å². The van der Waals surface area contributed by atoms with Gasteiger partial charge in [-0.1, -0.05) is 23.4 Å². The number of thioether (sulfide) groups is 1. The van der Waals surface area contributed by atoms with Crippen molar-refractivity contribution >= 4 is 23.4 Å². The molecule has 0 amide bonds. The average Bonchev–Trinajstić information content (AvgIpc) is 2.30. The van der Waals surface area contributed by atoms with Gasteiger partial charge >= 0.3 is 5.97 Å². The standard InChI is InChI=1S/C10H11NO3S/c1-14-10(12)9(11-13)7-5-3-4-6-8(7)15-2/h3-6,13H,1-2H3. The summed E-state index contributed by atoms with van der Waals surface area (Å²) in [5.74, 6) is -0.654. The molecule has 0 saturated heterocycles. The molecule has 0 atom stereocenters. The Hall–Kier alpha value is -1.49. The second-order valence-electron chi connectivity index (χ2n) is 2.64. The van der Waals surface area contributed by atoms with Gasteiger partial charge in [0.25, 0.3) is 0 Å². The molecule has 5 heteroatoms. The van der Waals surface area contributed by atoms with Crippen LogP contribution in [0.25, 0.3) is 0 Å². The van der Waals surface area contributed by atoms with Gasteiger partial charge in [0.2, 0.25) is 0 Å². The van der Waals surface area contributed by atoms with Crippen molar-refractivity contribution in [3.8, 4) is 0 Å². The number of carbonyl (C=O) groups excluding carboxylic acids is 1. The van der Waals surface area contributed by atoms with Gasteiger partial charge < -0.3 is 9.94 Å². The monoisotopic (exact) mass is 225 g/mol. The molecule has 15 heavy (non-hydrogen) atoms. The molecule has 1 aromatic carbocycles. The minimum Gasteiger partial charge on any atom is -0.464 e. The van der Waals surface area contributed by atoms with Crippen LogP contribution >= 0.6 is 11.8 Å². The second kappa shape index (κ2) is 5.41. The second-order valence-corrected chi connectivity index (χ2v) is 3.49. The van der Waals surface area contributed by atoms with E-state index >= 15 is 0 Å². The van der Waals surface area contributed by atoms with Crippen molar-refractivity contribution in [3.63, 3.8) is 0 Å². The van der Waals surface area contributed by atoms with Crippen molar-refractivity contribution in [2.75, 3.05) is 13.4 Å². The first-order valence-corrected chi connectivity index (χ1v) is 5.40. The highest BCUT2D eigenvalue weighted by Crippen LogP contribution is 2.20. The van der Waals surface area contributed by atoms with E-state index in [-0.39, 0.29) is 5.71 Å². The van der Waals surface area contributed by atoms with Gasteiger partial charge in [-0.15, -0.1) is 11.8 Å². The van der Waals surface area contributed by atoms with Crippen LogP contribution in [0.5, 0.6) is 0 Å². The van der Waals surface area contributed by atoms with Crippen LogP contribution in [0.1, 0.15) is 5.56 Å².